The molecule has 1 unspecified atom stereocenters. The zero-order valence-electron chi connectivity index (χ0n) is 9.05. The number of halogens is 1. The molecule has 0 aliphatic rings. The summed E-state index contributed by atoms with van der Waals surface area (Å²) < 4.78 is 17.1. The lowest BCUT2D eigenvalue weighted by atomic mass is 10.2. The molecule has 0 bridgehead atoms. The van der Waals surface area contributed by atoms with Crippen LogP contribution < -0.4 is 5.73 Å². The van der Waals surface area contributed by atoms with Crippen molar-refractivity contribution in [1.82, 2.24) is 0 Å². The Bertz CT molecular complexity index is 403. The van der Waals surface area contributed by atoms with Crippen LogP contribution in [0.2, 0.25) is 0 Å². The summed E-state index contributed by atoms with van der Waals surface area (Å²) in [5.74, 6) is 0. The molecule has 1 rings (SSSR count). The maximum atomic E-state index is 11.9. The molecule has 0 heterocycles. The molecule has 1 aromatic carbocycles. The fraction of sp³-hybridized carbons (Fsp3) is 0.400. The maximum absolute atomic E-state index is 11.9. The lowest BCUT2D eigenvalue weighted by molar-refractivity contribution is 0.341. The van der Waals surface area contributed by atoms with Gasteiger partial charge in [-0.2, -0.15) is 0 Å². The van der Waals surface area contributed by atoms with E-state index in [0.717, 1.165) is 5.56 Å². The fourth-order valence-electron chi connectivity index (χ4n) is 1.02. The van der Waals surface area contributed by atoms with Crippen molar-refractivity contribution in [2.45, 2.75) is 18.2 Å². The number of hydrogen-bond donors (Lipinski definition) is 1. The van der Waals surface area contributed by atoms with E-state index in [1.165, 1.54) is 0 Å². The molecule has 0 aliphatic carbocycles. The molecule has 1 atom stereocenters. The molecule has 0 saturated heterocycles. The molecular weight excluding hydrogens is 266 g/mol. The van der Waals surface area contributed by atoms with Gasteiger partial charge in [0.15, 0.2) is 8.77 Å². The normalized spacial score (nSPS) is 13.9. The monoisotopic (exact) mass is 281 g/mol. The summed E-state index contributed by atoms with van der Waals surface area (Å²) in [6.07, 6.45) is 0.666. The summed E-state index contributed by atoms with van der Waals surface area (Å²) in [6.45, 7) is 2.82. The van der Waals surface area contributed by atoms with Gasteiger partial charge >= 0.3 is 0 Å². The van der Waals surface area contributed by atoms with Crippen molar-refractivity contribution in [3.63, 3.8) is 0 Å². The van der Waals surface area contributed by atoms with Crippen molar-refractivity contribution in [3.8, 4) is 0 Å². The average molecular weight is 282 g/mol. The SMILES string of the molecule is Cc1ccc(S(=O)(=S)OCCCN)cc1.Cl. The Labute approximate surface area is 108 Å². The van der Waals surface area contributed by atoms with E-state index in [0.29, 0.717) is 24.5 Å². The second kappa shape index (κ2) is 7.19. The number of rotatable bonds is 5. The van der Waals surface area contributed by atoms with Crippen LogP contribution in [-0.4, -0.2) is 17.4 Å². The highest BCUT2D eigenvalue weighted by Crippen LogP contribution is 2.13. The van der Waals surface area contributed by atoms with Crippen LogP contribution in [0.4, 0.5) is 0 Å². The number of hydrogen-bond acceptors (Lipinski definition) is 4. The van der Waals surface area contributed by atoms with Crippen LogP contribution in [0.3, 0.4) is 0 Å². The van der Waals surface area contributed by atoms with Gasteiger partial charge in [-0.25, -0.2) is 4.21 Å². The molecule has 16 heavy (non-hydrogen) atoms. The van der Waals surface area contributed by atoms with Gasteiger partial charge in [-0.3, -0.25) is 4.18 Å². The van der Waals surface area contributed by atoms with Crippen molar-refractivity contribution in [3.05, 3.63) is 29.8 Å². The summed E-state index contributed by atoms with van der Waals surface area (Å²) in [6, 6.07) is 7.22. The maximum Gasteiger partial charge on any atom is 0.173 e. The van der Waals surface area contributed by atoms with Crippen molar-refractivity contribution >= 4 is 32.4 Å². The van der Waals surface area contributed by atoms with E-state index in [4.69, 9.17) is 21.1 Å². The van der Waals surface area contributed by atoms with Crippen LogP contribution in [-0.2, 0) is 24.1 Å². The molecule has 0 spiro atoms. The predicted octanol–water partition coefficient (Wildman–Crippen LogP) is 1.80. The van der Waals surface area contributed by atoms with Crippen LogP contribution >= 0.6 is 12.4 Å². The van der Waals surface area contributed by atoms with Crippen molar-refractivity contribution in [1.29, 1.82) is 0 Å². The van der Waals surface area contributed by atoms with Crippen LogP contribution in [0.25, 0.3) is 0 Å². The molecule has 0 fully saturated rings. The smallest absolute Gasteiger partial charge is 0.173 e. The van der Waals surface area contributed by atoms with Gasteiger partial charge < -0.3 is 5.73 Å². The Morgan fingerprint density at radius 1 is 1.38 bits per heavy atom. The number of benzene rings is 1. The summed E-state index contributed by atoms with van der Waals surface area (Å²) >= 11 is 4.93. The molecule has 0 saturated carbocycles. The van der Waals surface area contributed by atoms with Gasteiger partial charge in [-0.15, -0.1) is 12.4 Å². The van der Waals surface area contributed by atoms with Crippen LogP contribution in [0.5, 0.6) is 0 Å². The molecule has 0 aliphatic heterocycles. The van der Waals surface area contributed by atoms with E-state index in [1.54, 1.807) is 12.1 Å². The van der Waals surface area contributed by atoms with Crippen molar-refractivity contribution in [2.24, 2.45) is 5.73 Å². The molecule has 2 N–H and O–H groups in total. The van der Waals surface area contributed by atoms with Crippen molar-refractivity contribution < 1.29 is 8.39 Å². The summed E-state index contributed by atoms with van der Waals surface area (Å²) in [5.41, 5.74) is 6.41. The Balaban J connectivity index is 0.00000225. The van der Waals surface area contributed by atoms with E-state index in [2.05, 4.69) is 0 Å². The van der Waals surface area contributed by atoms with Crippen LogP contribution in [0.15, 0.2) is 29.2 Å². The van der Waals surface area contributed by atoms with E-state index >= 15 is 0 Å². The first-order valence-corrected chi connectivity index (χ1v) is 7.13. The first-order valence-electron chi connectivity index (χ1n) is 4.72. The first-order chi connectivity index (χ1) is 7.06. The van der Waals surface area contributed by atoms with Gasteiger partial charge in [0.1, 0.15) is 0 Å². The van der Waals surface area contributed by atoms with Gasteiger partial charge in [-0.1, -0.05) is 17.7 Å². The second-order valence-electron chi connectivity index (χ2n) is 3.23. The Hall–Kier alpha value is -0.200. The molecule has 1 aromatic rings. The Morgan fingerprint density at radius 3 is 2.44 bits per heavy atom. The van der Waals surface area contributed by atoms with Gasteiger partial charge in [0.05, 0.1) is 11.5 Å². The summed E-state index contributed by atoms with van der Waals surface area (Å²) in [7, 11) is -2.77. The third-order valence-corrected chi connectivity index (χ3v) is 4.09. The Kier molecular flexibility index (Phi) is 7.10. The third kappa shape index (κ3) is 4.76. The van der Waals surface area contributed by atoms with Crippen LogP contribution in [0.1, 0.15) is 12.0 Å². The van der Waals surface area contributed by atoms with Crippen LogP contribution in [0, 0.1) is 6.92 Å². The van der Waals surface area contributed by atoms with Gasteiger partial charge in [0.2, 0.25) is 0 Å². The molecular formula is C10H16ClNO2S2. The third-order valence-electron chi connectivity index (χ3n) is 1.90. The molecule has 0 amide bonds. The highest BCUT2D eigenvalue weighted by Gasteiger charge is 2.09. The van der Waals surface area contributed by atoms with Gasteiger partial charge in [-0.05, 0) is 32.0 Å². The number of nitrogens with two attached hydrogens (primary N) is 1. The zero-order valence-corrected chi connectivity index (χ0v) is 11.5. The highest BCUT2D eigenvalue weighted by atomic mass is 35.5. The first kappa shape index (κ1) is 15.8. The van der Waals surface area contributed by atoms with Gasteiger partial charge in [0.25, 0.3) is 0 Å². The average Bonchev–Trinajstić information content (AvgIpc) is 2.18. The lowest BCUT2D eigenvalue weighted by Gasteiger charge is -2.07. The van der Waals surface area contributed by atoms with E-state index in [9.17, 15) is 4.21 Å². The lowest BCUT2D eigenvalue weighted by Crippen LogP contribution is -2.09. The zero-order chi connectivity index (χ0) is 11.3. The Morgan fingerprint density at radius 2 is 1.94 bits per heavy atom. The highest BCUT2D eigenvalue weighted by molar-refractivity contribution is 8.30. The minimum atomic E-state index is -2.77. The second-order valence-corrected chi connectivity index (χ2v) is 6.16. The predicted molar refractivity (Wildman–Crippen MR) is 71.8 cm³/mol. The molecule has 0 radical (unpaired) electrons. The number of aryl methyl sites for hydroxylation is 1. The van der Waals surface area contributed by atoms with Gasteiger partial charge in [0, 0.05) is 11.2 Å². The largest absolute Gasteiger partial charge is 0.330 e. The molecule has 6 heteroatoms. The van der Waals surface area contributed by atoms with E-state index < -0.39 is 8.77 Å². The molecule has 0 aromatic heterocycles. The molecule has 92 valence electrons. The molecule has 3 nitrogen and oxygen atoms in total. The minimum absolute atomic E-state index is 0. The standard InChI is InChI=1S/C10H15NO2S2.ClH/c1-9-3-5-10(6-4-9)15(12,14)13-8-2-7-11;/h3-6H,2,7-8,11H2,1H3;1H. The topological polar surface area (TPSA) is 52.3 Å². The summed E-state index contributed by atoms with van der Waals surface area (Å²) in [5, 5.41) is 0. The van der Waals surface area contributed by atoms with E-state index in [1.807, 2.05) is 19.1 Å². The van der Waals surface area contributed by atoms with Crippen molar-refractivity contribution in [2.75, 3.05) is 13.2 Å². The minimum Gasteiger partial charge on any atom is -0.330 e. The fourth-order valence-corrected chi connectivity index (χ4v) is 2.51. The quantitative estimate of drug-likeness (QED) is 0.837. The summed E-state index contributed by atoms with van der Waals surface area (Å²) in [4.78, 5) is 0.556. The van der Waals surface area contributed by atoms with E-state index in [-0.39, 0.29) is 12.4 Å².